The lowest BCUT2D eigenvalue weighted by Gasteiger charge is -2.07. The third-order valence-corrected chi connectivity index (χ3v) is 3.40. The van der Waals surface area contributed by atoms with Gasteiger partial charge in [0, 0.05) is 22.3 Å². The number of nitrogens with one attached hydrogen (secondary N) is 1. The number of aromatic nitrogens is 3. The SMILES string of the molecule is Nc1ccc(Cl)cc1-c1n[nH]c(=S)n1C1CC1. The molecule has 3 N–H and O–H groups in total. The number of hydrogen-bond donors (Lipinski definition) is 2. The summed E-state index contributed by atoms with van der Waals surface area (Å²) in [5.41, 5.74) is 7.45. The van der Waals surface area contributed by atoms with Crippen molar-refractivity contribution in [3.8, 4) is 11.4 Å². The van der Waals surface area contributed by atoms with Crippen LogP contribution in [0, 0.1) is 4.77 Å². The van der Waals surface area contributed by atoms with Gasteiger partial charge in [-0.05, 0) is 43.3 Å². The van der Waals surface area contributed by atoms with Crippen molar-refractivity contribution in [1.29, 1.82) is 0 Å². The lowest BCUT2D eigenvalue weighted by atomic mass is 10.1. The fourth-order valence-corrected chi connectivity index (χ4v) is 2.34. The molecule has 1 aliphatic carbocycles. The first-order valence-corrected chi connectivity index (χ1v) is 6.18. The average molecular weight is 267 g/mol. The van der Waals surface area contributed by atoms with Crippen LogP contribution < -0.4 is 5.73 Å². The molecule has 1 heterocycles. The number of rotatable bonds is 2. The van der Waals surface area contributed by atoms with Crippen molar-refractivity contribution in [2.45, 2.75) is 18.9 Å². The second kappa shape index (κ2) is 3.85. The molecule has 4 nitrogen and oxygen atoms in total. The van der Waals surface area contributed by atoms with Gasteiger partial charge in [0.2, 0.25) is 0 Å². The lowest BCUT2D eigenvalue weighted by molar-refractivity contribution is 0.735. The third kappa shape index (κ3) is 1.85. The topological polar surface area (TPSA) is 59.6 Å². The van der Waals surface area contributed by atoms with Crippen LogP contribution in [0.4, 0.5) is 5.69 Å². The zero-order chi connectivity index (χ0) is 12.0. The summed E-state index contributed by atoms with van der Waals surface area (Å²) in [6.07, 6.45) is 2.28. The molecule has 0 radical (unpaired) electrons. The van der Waals surface area contributed by atoms with E-state index in [0.717, 1.165) is 24.2 Å². The Morgan fingerprint density at radius 1 is 1.47 bits per heavy atom. The van der Waals surface area contributed by atoms with Gasteiger partial charge in [-0.25, -0.2) is 0 Å². The summed E-state index contributed by atoms with van der Waals surface area (Å²) < 4.78 is 2.67. The van der Waals surface area contributed by atoms with Crippen molar-refractivity contribution in [3.05, 3.63) is 28.0 Å². The van der Waals surface area contributed by atoms with Gasteiger partial charge in [-0.1, -0.05) is 11.6 Å². The second-order valence-electron chi connectivity index (χ2n) is 4.19. The molecular formula is C11H11ClN4S. The Bertz CT molecular complexity index is 627. The number of nitrogens with zero attached hydrogens (tertiary/aromatic N) is 2. The predicted octanol–water partition coefficient (Wildman–Crippen LogP) is 3.18. The van der Waals surface area contributed by atoms with Crippen LogP contribution in [0.15, 0.2) is 18.2 Å². The normalized spacial score (nSPS) is 15.1. The van der Waals surface area contributed by atoms with E-state index < -0.39 is 0 Å². The van der Waals surface area contributed by atoms with Crippen LogP contribution in [0.3, 0.4) is 0 Å². The van der Waals surface area contributed by atoms with Crippen molar-refractivity contribution >= 4 is 29.5 Å². The van der Waals surface area contributed by atoms with E-state index in [2.05, 4.69) is 10.2 Å². The maximum atomic E-state index is 5.99. The van der Waals surface area contributed by atoms with Gasteiger partial charge in [-0.15, -0.1) is 0 Å². The molecular weight excluding hydrogens is 256 g/mol. The Labute approximate surface area is 108 Å². The number of nitrogen functional groups attached to an aromatic ring is 1. The average Bonchev–Trinajstić information content (AvgIpc) is 3.06. The Morgan fingerprint density at radius 3 is 2.94 bits per heavy atom. The summed E-state index contributed by atoms with van der Waals surface area (Å²) in [6.45, 7) is 0. The number of anilines is 1. The Morgan fingerprint density at radius 2 is 2.24 bits per heavy atom. The van der Waals surface area contributed by atoms with Crippen molar-refractivity contribution in [3.63, 3.8) is 0 Å². The van der Waals surface area contributed by atoms with Gasteiger partial charge in [-0.2, -0.15) is 5.10 Å². The molecule has 0 amide bonds. The summed E-state index contributed by atoms with van der Waals surface area (Å²) in [6, 6.07) is 5.82. The molecule has 17 heavy (non-hydrogen) atoms. The molecule has 0 saturated heterocycles. The monoisotopic (exact) mass is 266 g/mol. The van der Waals surface area contributed by atoms with Gasteiger partial charge in [0.25, 0.3) is 0 Å². The molecule has 0 aliphatic heterocycles. The largest absolute Gasteiger partial charge is 0.398 e. The van der Waals surface area contributed by atoms with Crippen LogP contribution in [0.25, 0.3) is 11.4 Å². The number of H-pyrrole nitrogens is 1. The third-order valence-electron chi connectivity index (χ3n) is 2.87. The molecule has 1 aliphatic rings. The number of hydrogen-bond acceptors (Lipinski definition) is 3. The fraction of sp³-hybridized carbons (Fsp3) is 0.273. The minimum atomic E-state index is 0.453. The minimum Gasteiger partial charge on any atom is -0.398 e. The van der Waals surface area contributed by atoms with Crippen LogP contribution >= 0.6 is 23.8 Å². The molecule has 1 aromatic heterocycles. The molecule has 1 aromatic carbocycles. The van der Waals surface area contributed by atoms with Gasteiger partial charge < -0.3 is 5.73 Å². The highest BCUT2D eigenvalue weighted by Crippen LogP contribution is 2.39. The van der Waals surface area contributed by atoms with Crippen molar-refractivity contribution in [2.75, 3.05) is 5.73 Å². The van der Waals surface area contributed by atoms with E-state index in [0.29, 0.717) is 21.5 Å². The van der Waals surface area contributed by atoms with E-state index in [-0.39, 0.29) is 0 Å². The van der Waals surface area contributed by atoms with Gasteiger partial charge >= 0.3 is 0 Å². The highest BCUT2D eigenvalue weighted by Gasteiger charge is 2.28. The van der Waals surface area contributed by atoms with Crippen molar-refractivity contribution in [2.24, 2.45) is 0 Å². The number of halogens is 1. The zero-order valence-corrected chi connectivity index (χ0v) is 10.6. The van der Waals surface area contributed by atoms with E-state index in [4.69, 9.17) is 29.6 Å². The zero-order valence-electron chi connectivity index (χ0n) is 8.98. The summed E-state index contributed by atoms with van der Waals surface area (Å²) in [5.74, 6) is 0.775. The first-order chi connectivity index (χ1) is 8.16. The molecule has 1 saturated carbocycles. The summed E-state index contributed by atoms with van der Waals surface area (Å²) in [5, 5.41) is 7.72. The smallest absolute Gasteiger partial charge is 0.195 e. The van der Waals surface area contributed by atoms with E-state index in [1.165, 1.54) is 0 Å². The van der Waals surface area contributed by atoms with E-state index in [1.54, 1.807) is 12.1 Å². The van der Waals surface area contributed by atoms with E-state index in [1.807, 2.05) is 10.6 Å². The van der Waals surface area contributed by atoms with Crippen molar-refractivity contribution < 1.29 is 0 Å². The van der Waals surface area contributed by atoms with Crippen LogP contribution in [0.1, 0.15) is 18.9 Å². The first-order valence-electron chi connectivity index (χ1n) is 5.39. The lowest BCUT2D eigenvalue weighted by Crippen LogP contribution is -2.00. The number of aromatic amines is 1. The molecule has 0 bridgehead atoms. The Balaban J connectivity index is 2.21. The van der Waals surface area contributed by atoms with E-state index in [9.17, 15) is 0 Å². The van der Waals surface area contributed by atoms with Crippen LogP contribution in [0.5, 0.6) is 0 Å². The highest BCUT2D eigenvalue weighted by atomic mass is 35.5. The van der Waals surface area contributed by atoms with Gasteiger partial charge in [0.1, 0.15) is 0 Å². The van der Waals surface area contributed by atoms with Gasteiger partial charge in [-0.3, -0.25) is 9.67 Å². The van der Waals surface area contributed by atoms with Gasteiger partial charge in [0.05, 0.1) is 0 Å². The summed E-state index contributed by atoms with van der Waals surface area (Å²) in [7, 11) is 0. The van der Waals surface area contributed by atoms with Crippen molar-refractivity contribution in [1.82, 2.24) is 14.8 Å². The predicted molar refractivity (Wildman–Crippen MR) is 70.5 cm³/mol. The minimum absolute atomic E-state index is 0.453. The molecule has 3 rings (SSSR count). The first kappa shape index (κ1) is 10.8. The molecule has 2 aromatic rings. The molecule has 6 heteroatoms. The molecule has 88 valence electrons. The van der Waals surface area contributed by atoms with E-state index >= 15 is 0 Å². The van der Waals surface area contributed by atoms with Crippen LogP contribution in [0.2, 0.25) is 5.02 Å². The Hall–Kier alpha value is -1.33. The molecule has 0 atom stereocenters. The number of benzene rings is 1. The Kier molecular flexibility index (Phi) is 2.45. The highest BCUT2D eigenvalue weighted by molar-refractivity contribution is 7.71. The molecule has 0 spiro atoms. The quantitative estimate of drug-likeness (QED) is 0.648. The maximum absolute atomic E-state index is 5.99. The van der Waals surface area contributed by atoms with Crippen LogP contribution in [-0.2, 0) is 0 Å². The molecule has 1 fully saturated rings. The van der Waals surface area contributed by atoms with Crippen LogP contribution in [-0.4, -0.2) is 14.8 Å². The second-order valence-corrected chi connectivity index (χ2v) is 5.01. The summed E-state index contributed by atoms with van der Waals surface area (Å²) >= 11 is 11.2. The number of nitrogens with two attached hydrogens (primary N) is 1. The maximum Gasteiger partial charge on any atom is 0.195 e. The van der Waals surface area contributed by atoms with Gasteiger partial charge in [0.15, 0.2) is 10.6 Å². The summed E-state index contributed by atoms with van der Waals surface area (Å²) in [4.78, 5) is 0. The molecule has 0 unspecified atom stereocenters. The standard InChI is InChI=1S/C11H11ClN4S/c12-6-1-4-9(13)8(5-6)10-14-15-11(17)16(10)7-2-3-7/h1,4-5,7H,2-3,13H2,(H,15,17). The fourth-order valence-electron chi connectivity index (χ4n) is 1.89.